The zero-order valence-corrected chi connectivity index (χ0v) is 7.27. The largest absolute Gasteiger partial charge is 0.622 e. The van der Waals surface area contributed by atoms with E-state index in [-0.39, 0.29) is 0 Å². The summed E-state index contributed by atoms with van der Waals surface area (Å²) in [7, 11) is 1.54. The Morgan fingerprint density at radius 2 is 2.38 bits per heavy atom. The normalized spacial score (nSPS) is 26.2. The molecule has 0 fully saturated rings. The summed E-state index contributed by atoms with van der Waals surface area (Å²) in [6, 6.07) is 3.68. The molecule has 1 aliphatic heterocycles. The van der Waals surface area contributed by atoms with E-state index in [1.807, 2.05) is 12.1 Å². The lowest BCUT2D eigenvalue weighted by molar-refractivity contribution is -0.739. The van der Waals surface area contributed by atoms with Gasteiger partial charge < -0.3 is 5.21 Å². The topological polar surface area (TPSA) is 36.0 Å². The van der Waals surface area contributed by atoms with E-state index in [1.165, 1.54) is 0 Å². The second kappa shape index (κ2) is 2.80. The number of hydroxylamine groups is 3. The first-order valence-electron chi connectivity index (χ1n) is 4.00. The highest BCUT2D eigenvalue weighted by Gasteiger charge is 2.21. The van der Waals surface area contributed by atoms with Crippen molar-refractivity contribution in [3.63, 3.8) is 0 Å². The molecule has 3 nitrogen and oxygen atoms in total. The molecular formula is C10H9N2O. The summed E-state index contributed by atoms with van der Waals surface area (Å²) >= 11 is 0. The molecule has 0 saturated carbocycles. The fraction of sp³-hybridized carbons (Fsp3) is 0.100. The lowest BCUT2D eigenvalue weighted by Crippen LogP contribution is -2.27. The number of quaternary nitrogens is 1. The van der Waals surface area contributed by atoms with Gasteiger partial charge in [0.25, 0.3) is 0 Å². The highest BCUT2D eigenvalue weighted by molar-refractivity contribution is 5.62. The minimum Gasteiger partial charge on any atom is -0.622 e. The number of allylic oxidation sites excluding steroid dienone is 2. The van der Waals surface area contributed by atoms with Crippen LogP contribution in [0.2, 0.25) is 0 Å². The molecule has 0 N–H and O–H groups in total. The zero-order chi connectivity index (χ0) is 9.31. The van der Waals surface area contributed by atoms with Crippen LogP contribution >= 0.6 is 0 Å². The lowest BCUT2D eigenvalue weighted by atomic mass is 10.2. The summed E-state index contributed by atoms with van der Waals surface area (Å²) in [6.07, 6.45) is 9.46. The van der Waals surface area contributed by atoms with Gasteiger partial charge in [0.2, 0.25) is 0 Å². The standard InChI is InChI=1S/C10H9N2O/c1-12(13)7-3-5-10(12)9-4-2-6-11-8-9/h2-6,8H,1H3. The molecule has 0 spiro atoms. The molecule has 1 atom stereocenters. The Morgan fingerprint density at radius 1 is 1.54 bits per heavy atom. The van der Waals surface area contributed by atoms with Crippen LogP contribution < -0.4 is 0 Å². The molecule has 1 unspecified atom stereocenters. The first-order chi connectivity index (χ1) is 6.20. The molecule has 1 radical (unpaired) electrons. The van der Waals surface area contributed by atoms with Crippen LogP contribution in [0.4, 0.5) is 0 Å². The first-order valence-corrected chi connectivity index (χ1v) is 4.00. The number of hydrogen-bond acceptors (Lipinski definition) is 2. The van der Waals surface area contributed by atoms with Crippen molar-refractivity contribution in [2.45, 2.75) is 0 Å². The third kappa shape index (κ3) is 1.39. The quantitative estimate of drug-likeness (QED) is 0.478. The van der Waals surface area contributed by atoms with Crippen molar-refractivity contribution in [1.29, 1.82) is 0 Å². The monoisotopic (exact) mass is 173 g/mol. The molecular weight excluding hydrogens is 164 g/mol. The van der Waals surface area contributed by atoms with Gasteiger partial charge in [0.1, 0.15) is 5.70 Å². The fourth-order valence-corrected chi connectivity index (χ4v) is 1.33. The van der Waals surface area contributed by atoms with Gasteiger partial charge in [0, 0.05) is 24.5 Å². The molecule has 0 saturated heterocycles. The maximum absolute atomic E-state index is 11.7. The third-order valence-electron chi connectivity index (χ3n) is 1.98. The predicted molar refractivity (Wildman–Crippen MR) is 49.6 cm³/mol. The number of rotatable bonds is 1. The van der Waals surface area contributed by atoms with Gasteiger partial charge in [0.15, 0.2) is 6.20 Å². The zero-order valence-electron chi connectivity index (χ0n) is 7.27. The first kappa shape index (κ1) is 8.16. The fourth-order valence-electron chi connectivity index (χ4n) is 1.33. The minimum absolute atomic E-state index is 0.578. The molecule has 1 aromatic rings. The van der Waals surface area contributed by atoms with Gasteiger partial charge in [-0.15, -0.1) is 0 Å². The van der Waals surface area contributed by atoms with Gasteiger partial charge in [-0.25, -0.2) is 0 Å². The predicted octanol–water partition coefficient (Wildman–Crippen LogP) is 1.70. The van der Waals surface area contributed by atoms with Crippen LogP contribution in [0.5, 0.6) is 0 Å². The Balaban J connectivity index is 2.40. The summed E-state index contributed by atoms with van der Waals surface area (Å²) in [5, 5.41) is 11.7. The lowest BCUT2D eigenvalue weighted by Gasteiger charge is -2.31. The van der Waals surface area contributed by atoms with Gasteiger partial charge in [-0.3, -0.25) is 9.63 Å². The van der Waals surface area contributed by atoms with E-state index in [2.05, 4.69) is 11.2 Å². The van der Waals surface area contributed by atoms with Crippen molar-refractivity contribution in [3.05, 3.63) is 53.6 Å². The molecule has 0 aliphatic carbocycles. The summed E-state index contributed by atoms with van der Waals surface area (Å²) in [5.41, 5.74) is 1.52. The van der Waals surface area contributed by atoms with Gasteiger partial charge in [-0.2, -0.15) is 0 Å². The number of pyridine rings is 1. The maximum Gasteiger partial charge on any atom is 0.200 e. The second-order valence-corrected chi connectivity index (χ2v) is 3.01. The van der Waals surface area contributed by atoms with Crippen molar-refractivity contribution in [1.82, 2.24) is 4.98 Å². The average Bonchev–Trinajstić information content (AvgIpc) is 2.47. The van der Waals surface area contributed by atoms with Gasteiger partial charge in [0.05, 0.1) is 12.6 Å². The van der Waals surface area contributed by atoms with Crippen LogP contribution in [0.15, 0.2) is 36.7 Å². The molecule has 0 bridgehead atoms. The molecule has 3 heteroatoms. The van der Waals surface area contributed by atoms with E-state index in [0.29, 0.717) is 5.70 Å². The van der Waals surface area contributed by atoms with Crippen LogP contribution in [0, 0.1) is 11.4 Å². The maximum atomic E-state index is 11.7. The molecule has 0 aromatic carbocycles. The molecule has 65 valence electrons. The molecule has 1 aromatic heterocycles. The van der Waals surface area contributed by atoms with E-state index < -0.39 is 4.65 Å². The highest BCUT2D eigenvalue weighted by atomic mass is 16.5. The van der Waals surface area contributed by atoms with Gasteiger partial charge >= 0.3 is 0 Å². The van der Waals surface area contributed by atoms with Crippen LogP contribution in [0.3, 0.4) is 0 Å². The minimum atomic E-state index is -0.578. The summed E-state index contributed by atoms with van der Waals surface area (Å²) < 4.78 is -0.578. The van der Waals surface area contributed by atoms with Crippen LogP contribution in [0.25, 0.3) is 5.70 Å². The highest BCUT2D eigenvalue weighted by Crippen LogP contribution is 2.27. The van der Waals surface area contributed by atoms with E-state index in [4.69, 9.17) is 0 Å². The van der Waals surface area contributed by atoms with E-state index in [9.17, 15) is 5.21 Å². The Morgan fingerprint density at radius 3 is 2.92 bits per heavy atom. The van der Waals surface area contributed by atoms with Crippen molar-refractivity contribution in [3.8, 4) is 0 Å². The van der Waals surface area contributed by atoms with Gasteiger partial charge in [-0.1, -0.05) is 0 Å². The number of hydrogen-bond donors (Lipinski definition) is 0. The Bertz CT molecular complexity index is 366. The van der Waals surface area contributed by atoms with Crippen LogP contribution in [-0.4, -0.2) is 16.7 Å². The van der Waals surface area contributed by atoms with E-state index >= 15 is 0 Å². The summed E-state index contributed by atoms with van der Waals surface area (Å²) in [6.45, 7) is 0. The average molecular weight is 173 g/mol. The second-order valence-electron chi connectivity index (χ2n) is 3.01. The van der Waals surface area contributed by atoms with Crippen molar-refractivity contribution in [2.24, 2.45) is 0 Å². The summed E-state index contributed by atoms with van der Waals surface area (Å²) in [4.78, 5) is 3.96. The third-order valence-corrected chi connectivity index (χ3v) is 1.98. The molecule has 1 aliphatic rings. The van der Waals surface area contributed by atoms with Crippen LogP contribution in [0.1, 0.15) is 5.56 Å². The Hall–Kier alpha value is -1.45. The smallest absolute Gasteiger partial charge is 0.200 e. The number of aromatic nitrogens is 1. The van der Waals surface area contributed by atoms with Crippen molar-refractivity contribution < 1.29 is 4.65 Å². The van der Waals surface area contributed by atoms with E-state index in [0.717, 1.165) is 5.56 Å². The molecule has 2 rings (SSSR count). The Labute approximate surface area is 76.8 Å². The SMILES string of the molecule is C[N+]1([O-])[C]=CC=C1c1cccnc1. The summed E-state index contributed by atoms with van der Waals surface area (Å²) in [5.74, 6) is 0. The number of nitrogens with zero attached hydrogens (tertiary/aromatic N) is 2. The molecule has 0 amide bonds. The molecule has 13 heavy (non-hydrogen) atoms. The molecule has 2 heterocycles. The van der Waals surface area contributed by atoms with Crippen LogP contribution in [-0.2, 0) is 0 Å². The van der Waals surface area contributed by atoms with Crippen molar-refractivity contribution in [2.75, 3.05) is 7.05 Å². The Kier molecular flexibility index (Phi) is 1.76. The van der Waals surface area contributed by atoms with Crippen molar-refractivity contribution >= 4 is 5.70 Å². The van der Waals surface area contributed by atoms with Gasteiger partial charge in [-0.05, 0) is 12.1 Å². The van der Waals surface area contributed by atoms with E-state index in [1.54, 1.807) is 31.6 Å².